The molecule has 4 rings (SSSR count). The van der Waals surface area contributed by atoms with Crippen LogP contribution in [0.25, 0.3) is 5.70 Å². The minimum Gasteiger partial charge on any atom is -0.277 e. The van der Waals surface area contributed by atoms with E-state index in [0.29, 0.717) is 5.02 Å². The zero-order valence-electron chi connectivity index (χ0n) is 13.7. The highest BCUT2D eigenvalue weighted by molar-refractivity contribution is 9.10. The van der Waals surface area contributed by atoms with Crippen molar-refractivity contribution in [3.63, 3.8) is 0 Å². The third kappa shape index (κ3) is 3.66. The number of benzene rings is 3. The Hall–Kier alpha value is -2.56. The normalized spacial score (nSPS) is 13.7. The molecule has 1 N–H and O–H groups in total. The average molecular weight is 425 g/mol. The summed E-state index contributed by atoms with van der Waals surface area (Å²) in [4.78, 5) is 0. The third-order valence-electron chi connectivity index (χ3n) is 3.96. The molecule has 0 aliphatic carbocycles. The van der Waals surface area contributed by atoms with Gasteiger partial charge in [-0.2, -0.15) is 10.2 Å². The van der Waals surface area contributed by atoms with Crippen LogP contribution >= 0.6 is 27.5 Å². The maximum Gasteiger partial charge on any atom is 0.0949 e. The molecule has 26 heavy (non-hydrogen) atoms. The van der Waals surface area contributed by atoms with Crippen molar-refractivity contribution >= 4 is 44.6 Å². The molecule has 3 nitrogen and oxygen atoms in total. The Balaban J connectivity index is 1.81. The molecule has 128 valence electrons. The van der Waals surface area contributed by atoms with Crippen LogP contribution in [-0.4, -0.2) is 5.71 Å². The van der Waals surface area contributed by atoms with Crippen LogP contribution in [0.1, 0.15) is 11.1 Å². The summed E-state index contributed by atoms with van der Waals surface area (Å²) in [7, 11) is 0. The second kappa shape index (κ2) is 7.36. The maximum absolute atomic E-state index is 6.23. The molecule has 3 aromatic carbocycles. The molecular formula is C21H15BrClN3. The van der Waals surface area contributed by atoms with E-state index in [0.717, 1.165) is 32.7 Å². The first kappa shape index (κ1) is 16.9. The van der Waals surface area contributed by atoms with Gasteiger partial charge in [-0.25, -0.2) is 0 Å². The molecule has 0 amide bonds. The van der Waals surface area contributed by atoms with Gasteiger partial charge in [0.05, 0.1) is 17.1 Å². The summed E-state index contributed by atoms with van der Waals surface area (Å²) in [6, 6.07) is 26.0. The molecule has 1 aliphatic heterocycles. The minimum atomic E-state index is 0.642. The predicted octanol–water partition coefficient (Wildman–Crippen LogP) is 5.87. The molecule has 0 saturated carbocycles. The van der Waals surface area contributed by atoms with E-state index < -0.39 is 0 Å². The topological polar surface area (TPSA) is 27.6 Å². The lowest BCUT2D eigenvalue weighted by Crippen LogP contribution is -2.36. The molecule has 0 saturated heterocycles. The molecule has 0 bridgehead atoms. The first-order valence-electron chi connectivity index (χ1n) is 8.13. The van der Waals surface area contributed by atoms with Crippen LogP contribution in [0, 0.1) is 0 Å². The quantitative estimate of drug-likeness (QED) is 0.569. The van der Waals surface area contributed by atoms with Crippen molar-refractivity contribution in [3.8, 4) is 0 Å². The van der Waals surface area contributed by atoms with Crippen molar-refractivity contribution < 1.29 is 0 Å². The van der Waals surface area contributed by atoms with Gasteiger partial charge in [0.25, 0.3) is 0 Å². The molecular weight excluding hydrogens is 410 g/mol. The van der Waals surface area contributed by atoms with Gasteiger partial charge in [-0.3, -0.25) is 5.43 Å². The van der Waals surface area contributed by atoms with Gasteiger partial charge in [0, 0.05) is 15.1 Å². The molecule has 0 unspecified atom stereocenters. The van der Waals surface area contributed by atoms with Crippen LogP contribution in [0.15, 0.2) is 94.5 Å². The number of rotatable bonds is 3. The van der Waals surface area contributed by atoms with E-state index in [2.05, 4.69) is 51.7 Å². The van der Waals surface area contributed by atoms with Crippen LogP contribution in [0.2, 0.25) is 5.02 Å². The Morgan fingerprint density at radius 1 is 0.846 bits per heavy atom. The van der Waals surface area contributed by atoms with Crippen LogP contribution in [0.3, 0.4) is 0 Å². The zero-order valence-corrected chi connectivity index (χ0v) is 16.1. The Kier molecular flexibility index (Phi) is 4.78. The highest BCUT2D eigenvalue weighted by Crippen LogP contribution is 2.28. The molecule has 0 atom stereocenters. The van der Waals surface area contributed by atoms with Gasteiger partial charge in [-0.1, -0.05) is 88.2 Å². The van der Waals surface area contributed by atoms with Crippen molar-refractivity contribution in [2.75, 3.05) is 5.12 Å². The summed E-state index contributed by atoms with van der Waals surface area (Å²) in [5.74, 6) is 0. The standard InChI is InChI=1S/C21H15BrClN3/c22-17-11-18(23)13-19(12-17)26-24-20(15-7-3-1-4-8-15)14-21(25-26)16-9-5-2-6-10-16/h1-14,24H. The zero-order chi connectivity index (χ0) is 17.9. The van der Waals surface area contributed by atoms with Gasteiger partial charge >= 0.3 is 0 Å². The second-order valence-electron chi connectivity index (χ2n) is 5.83. The number of hydrazine groups is 1. The molecule has 0 aromatic heterocycles. The Labute approximate surface area is 165 Å². The first-order valence-corrected chi connectivity index (χ1v) is 9.30. The summed E-state index contributed by atoms with van der Waals surface area (Å²) in [5, 5.41) is 7.16. The van der Waals surface area contributed by atoms with E-state index in [1.54, 1.807) is 5.12 Å². The molecule has 0 radical (unpaired) electrons. The number of nitrogens with zero attached hydrogens (tertiary/aromatic N) is 2. The number of hydrazone groups is 1. The van der Waals surface area contributed by atoms with Crippen molar-refractivity contribution in [3.05, 3.63) is 106 Å². The second-order valence-corrected chi connectivity index (χ2v) is 7.18. The lowest BCUT2D eigenvalue weighted by atomic mass is 10.1. The fraction of sp³-hybridized carbons (Fsp3) is 0. The first-order chi connectivity index (χ1) is 12.7. The van der Waals surface area contributed by atoms with E-state index in [4.69, 9.17) is 16.7 Å². The Morgan fingerprint density at radius 3 is 2.15 bits per heavy atom. The van der Waals surface area contributed by atoms with E-state index in [1.165, 1.54) is 0 Å². The van der Waals surface area contributed by atoms with E-state index in [1.807, 2.05) is 54.6 Å². The van der Waals surface area contributed by atoms with Crippen LogP contribution in [-0.2, 0) is 0 Å². The number of hydrogen-bond acceptors (Lipinski definition) is 3. The number of anilines is 1. The lowest BCUT2D eigenvalue weighted by Gasteiger charge is -2.28. The van der Waals surface area contributed by atoms with Crippen LogP contribution in [0.4, 0.5) is 5.69 Å². The van der Waals surface area contributed by atoms with Crippen molar-refractivity contribution in [1.29, 1.82) is 0 Å². The number of nitrogens with one attached hydrogen (secondary N) is 1. The summed E-state index contributed by atoms with van der Waals surface area (Å²) in [5.41, 5.74) is 8.19. The molecule has 3 aromatic rings. The molecule has 5 heteroatoms. The van der Waals surface area contributed by atoms with Gasteiger partial charge in [0.2, 0.25) is 0 Å². The summed E-state index contributed by atoms with van der Waals surface area (Å²) < 4.78 is 0.897. The smallest absolute Gasteiger partial charge is 0.0949 e. The van der Waals surface area contributed by atoms with Crippen molar-refractivity contribution in [1.82, 2.24) is 5.43 Å². The van der Waals surface area contributed by atoms with E-state index in [9.17, 15) is 0 Å². The Bertz CT molecular complexity index is 964. The minimum absolute atomic E-state index is 0.642. The summed E-state index contributed by atoms with van der Waals surface area (Å²) in [6.07, 6.45) is 2.06. The summed E-state index contributed by atoms with van der Waals surface area (Å²) in [6.45, 7) is 0. The van der Waals surface area contributed by atoms with Crippen LogP contribution in [0.5, 0.6) is 0 Å². The molecule has 1 heterocycles. The van der Waals surface area contributed by atoms with E-state index in [-0.39, 0.29) is 0 Å². The van der Waals surface area contributed by atoms with Crippen molar-refractivity contribution in [2.45, 2.75) is 0 Å². The monoisotopic (exact) mass is 423 g/mol. The van der Waals surface area contributed by atoms with Crippen molar-refractivity contribution in [2.24, 2.45) is 5.10 Å². The van der Waals surface area contributed by atoms with Gasteiger partial charge in [-0.15, -0.1) is 0 Å². The van der Waals surface area contributed by atoms with E-state index >= 15 is 0 Å². The summed E-state index contributed by atoms with van der Waals surface area (Å²) >= 11 is 9.73. The fourth-order valence-electron chi connectivity index (χ4n) is 2.74. The number of hydrogen-bond donors (Lipinski definition) is 1. The van der Waals surface area contributed by atoms with Gasteiger partial charge in [-0.05, 0) is 29.8 Å². The molecule has 0 fully saturated rings. The Morgan fingerprint density at radius 2 is 1.50 bits per heavy atom. The van der Waals surface area contributed by atoms with Gasteiger partial charge in [0.15, 0.2) is 0 Å². The largest absolute Gasteiger partial charge is 0.277 e. The highest BCUT2D eigenvalue weighted by Gasteiger charge is 2.17. The lowest BCUT2D eigenvalue weighted by molar-refractivity contribution is 0.787. The van der Waals surface area contributed by atoms with Gasteiger partial charge in [0.1, 0.15) is 0 Å². The average Bonchev–Trinajstić information content (AvgIpc) is 2.68. The third-order valence-corrected chi connectivity index (χ3v) is 4.64. The predicted molar refractivity (Wildman–Crippen MR) is 112 cm³/mol. The molecule has 1 aliphatic rings. The maximum atomic E-state index is 6.23. The SMILES string of the molecule is Clc1cc(Br)cc(N2N=C(c3ccccc3)C=C(c3ccccc3)N2)c1. The van der Waals surface area contributed by atoms with Crippen LogP contribution < -0.4 is 10.5 Å². The highest BCUT2D eigenvalue weighted by atomic mass is 79.9. The number of allylic oxidation sites excluding steroid dienone is 1. The number of halogens is 2. The fourth-order valence-corrected chi connectivity index (χ4v) is 3.59. The van der Waals surface area contributed by atoms with Gasteiger partial charge < -0.3 is 0 Å². The molecule has 0 spiro atoms.